The number of ether oxygens (including phenoxy) is 1. The van der Waals surface area contributed by atoms with Gasteiger partial charge in [-0.2, -0.15) is 0 Å². The van der Waals surface area contributed by atoms with Crippen molar-refractivity contribution in [1.29, 1.82) is 0 Å². The minimum Gasteiger partial charge on any atom is -0.463 e. The molecule has 0 unspecified atom stereocenters. The Morgan fingerprint density at radius 3 is 2.21 bits per heavy atom. The number of benzene rings is 2. The molecule has 0 aliphatic carbocycles. The molecule has 4 heteroatoms. The first-order valence-corrected chi connectivity index (χ1v) is 9.27. The Hall–Kier alpha value is -1.94. The molecule has 0 amide bonds. The minimum atomic E-state index is -0.196. The van der Waals surface area contributed by atoms with Gasteiger partial charge in [-0.3, -0.25) is 4.79 Å². The molecule has 2 aromatic rings. The molecule has 0 spiro atoms. The second-order valence-corrected chi connectivity index (χ2v) is 7.19. The maximum absolute atomic E-state index is 11.0. The second-order valence-electron chi connectivity index (χ2n) is 6.10. The Morgan fingerprint density at radius 1 is 1.04 bits per heavy atom. The average Bonchev–Trinajstić information content (AvgIpc) is 2.57. The number of nitrogens with zero attached hydrogens (tertiary/aromatic N) is 1. The highest BCUT2D eigenvalue weighted by atomic mass is 32.2. The van der Waals surface area contributed by atoms with Gasteiger partial charge in [-0.15, -0.1) is 0 Å². The van der Waals surface area contributed by atoms with Gasteiger partial charge < -0.3 is 9.64 Å². The zero-order valence-electron chi connectivity index (χ0n) is 14.2. The highest BCUT2D eigenvalue weighted by Gasteiger charge is 2.22. The molecule has 0 saturated carbocycles. The highest BCUT2D eigenvalue weighted by Crippen LogP contribution is 2.47. The van der Waals surface area contributed by atoms with Crippen molar-refractivity contribution in [1.82, 2.24) is 0 Å². The first kappa shape index (κ1) is 16.9. The number of rotatable bonds is 6. The fourth-order valence-corrected chi connectivity index (χ4v) is 4.16. The summed E-state index contributed by atoms with van der Waals surface area (Å²) in [6.07, 6.45) is 3.02. The molecule has 0 fully saturated rings. The molecule has 1 aliphatic rings. The zero-order chi connectivity index (χ0) is 16.9. The quantitative estimate of drug-likeness (QED) is 0.519. The maximum Gasteiger partial charge on any atom is 0.302 e. The molecule has 24 heavy (non-hydrogen) atoms. The predicted octanol–water partition coefficient (Wildman–Crippen LogP) is 5.41. The van der Waals surface area contributed by atoms with Crippen LogP contribution in [0.3, 0.4) is 0 Å². The number of para-hydroxylation sites is 2. The molecule has 0 N–H and O–H groups in total. The van der Waals surface area contributed by atoms with Crippen molar-refractivity contribution in [3.05, 3.63) is 48.5 Å². The highest BCUT2D eigenvalue weighted by molar-refractivity contribution is 7.99. The van der Waals surface area contributed by atoms with Crippen molar-refractivity contribution in [3.8, 4) is 0 Å². The molecule has 1 heterocycles. The fourth-order valence-electron chi connectivity index (χ4n) is 3.07. The Bertz CT molecular complexity index is 671. The third-order valence-electron chi connectivity index (χ3n) is 4.14. The maximum atomic E-state index is 11.0. The summed E-state index contributed by atoms with van der Waals surface area (Å²) in [6, 6.07) is 17.2. The van der Waals surface area contributed by atoms with Crippen LogP contribution in [0.5, 0.6) is 0 Å². The first-order valence-electron chi connectivity index (χ1n) is 8.46. The summed E-state index contributed by atoms with van der Waals surface area (Å²) in [4.78, 5) is 16.0. The van der Waals surface area contributed by atoms with Gasteiger partial charge >= 0.3 is 5.97 Å². The van der Waals surface area contributed by atoms with Gasteiger partial charge in [0, 0.05) is 23.3 Å². The Morgan fingerprint density at radius 2 is 1.62 bits per heavy atom. The molecule has 3 nitrogen and oxygen atoms in total. The number of esters is 1. The SMILES string of the molecule is CC(=O)O[C@H](C)CCCCN1c2ccccc2Sc2ccccc21. The molecule has 0 bridgehead atoms. The smallest absolute Gasteiger partial charge is 0.302 e. The lowest BCUT2D eigenvalue weighted by molar-refractivity contribution is -0.145. The number of carbonyl (C=O) groups excluding carboxylic acids is 1. The molecule has 1 aliphatic heterocycles. The summed E-state index contributed by atoms with van der Waals surface area (Å²) in [5.41, 5.74) is 2.57. The van der Waals surface area contributed by atoms with Gasteiger partial charge in [0.2, 0.25) is 0 Å². The van der Waals surface area contributed by atoms with Gasteiger partial charge in [-0.1, -0.05) is 36.0 Å². The van der Waals surface area contributed by atoms with Gasteiger partial charge in [0.05, 0.1) is 17.5 Å². The first-order chi connectivity index (χ1) is 11.6. The van der Waals surface area contributed by atoms with E-state index in [1.807, 2.05) is 18.7 Å². The molecule has 2 aromatic carbocycles. The molecular formula is C20H23NO2S. The van der Waals surface area contributed by atoms with Crippen LogP contribution in [-0.2, 0) is 9.53 Å². The van der Waals surface area contributed by atoms with Crippen LogP contribution in [-0.4, -0.2) is 18.6 Å². The van der Waals surface area contributed by atoms with E-state index in [1.54, 1.807) is 0 Å². The molecule has 0 saturated heterocycles. The largest absolute Gasteiger partial charge is 0.463 e. The van der Waals surface area contributed by atoms with Crippen molar-refractivity contribution in [3.63, 3.8) is 0 Å². The number of hydrogen-bond donors (Lipinski definition) is 0. The molecular weight excluding hydrogens is 318 g/mol. The Balaban J connectivity index is 1.66. The lowest BCUT2D eigenvalue weighted by atomic mass is 10.1. The van der Waals surface area contributed by atoms with E-state index in [1.165, 1.54) is 28.1 Å². The Kier molecular flexibility index (Phi) is 5.46. The Labute approximate surface area is 148 Å². The van der Waals surface area contributed by atoms with Gasteiger partial charge in [0.25, 0.3) is 0 Å². The van der Waals surface area contributed by atoms with Crippen LogP contribution in [0, 0.1) is 0 Å². The van der Waals surface area contributed by atoms with E-state index in [-0.39, 0.29) is 12.1 Å². The van der Waals surface area contributed by atoms with Crippen LogP contribution in [0.1, 0.15) is 33.1 Å². The van der Waals surface area contributed by atoms with Crippen molar-refractivity contribution in [2.24, 2.45) is 0 Å². The average molecular weight is 341 g/mol. The van der Waals surface area contributed by atoms with Crippen LogP contribution < -0.4 is 4.90 Å². The van der Waals surface area contributed by atoms with Crippen molar-refractivity contribution in [2.45, 2.75) is 49.0 Å². The summed E-state index contributed by atoms with van der Waals surface area (Å²) in [5, 5.41) is 0. The van der Waals surface area contributed by atoms with E-state index in [4.69, 9.17) is 4.74 Å². The summed E-state index contributed by atoms with van der Waals surface area (Å²) in [7, 11) is 0. The molecule has 0 aromatic heterocycles. The van der Waals surface area contributed by atoms with Gasteiger partial charge in [-0.25, -0.2) is 0 Å². The molecule has 1 atom stereocenters. The summed E-state index contributed by atoms with van der Waals surface area (Å²) < 4.78 is 5.20. The van der Waals surface area contributed by atoms with Crippen LogP contribution in [0.25, 0.3) is 0 Å². The summed E-state index contributed by atoms with van der Waals surface area (Å²) >= 11 is 1.84. The normalized spacial score (nSPS) is 13.8. The van der Waals surface area contributed by atoms with Gasteiger partial charge in [0.15, 0.2) is 0 Å². The number of fused-ring (bicyclic) bond motifs is 2. The zero-order valence-corrected chi connectivity index (χ0v) is 15.0. The lowest BCUT2D eigenvalue weighted by Crippen LogP contribution is -2.22. The fraction of sp³-hybridized carbons (Fsp3) is 0.350. The third kappa shape index (κ3) is 3.93. The van der Waals surface area contributed by atoms with Crippen LogP contribution in [0.2, 0.25) is 0 Å². The van der Waals surface area contributed by atoms with E-state index < -0.39 is 0 Å². The number of hydrogen-bond acceptors (Lipinski definition) is 4. The minimum absolute atomic E-state index is 0.000941. The summed E-state index contributed by atoms with van der Waals surface area (Å²) in [6.45, 7) is 4.40. The van der Waals surface area contributed by atoms with E-state index in [0.29, 0.717) is 0 Å². The van der Waals surface area contributed by atoms with Gasteiger partial charge in [0.1, 0.15) is 0 Å². The van der Waals surface area contributed by atoms with Crippen LogP contribution in [0.4, 0.5) is 11.4 Å². The molecule has 0 radical (unpaired) electrons. The predicted molar refractivity (Wildman–Crippen MR) is 99.1 cm³/mol. The summed E-state index contributed by atoms with van der Waals surface area (Å²) in [5.74, 6) is -0.196. The second kappa shape index (κ2) is 7.75. The third-order valence-corrected chi connectivity index (χ3v) is 5.27. The van der Waals surface area contributed by atoms with Gasteiger partial charge in [-0.05, 0) is 50.5 Å². The van der Waals surface area contributed by atoms with Crippen molar-refractivity contribution >= 4 is 29.1 Å². The van der Waals surface area contributed by atoms with Crippen molar-refractivity contribution < 1.29 is 9.53 Å². The molecule has 126 valence electrons. The standard InChI is InChI=1S/C20H23NO2S/c1-15(23-16(2)22)9-7-8-14-21-17-10-3-5-12-19(17)24-20-13-6-4-11-18(20)21/h3-6,10-13,15H,7-9,14H2,1-2H3/t15-/m1/s1. The monoisotopic (exact) mass is 341 g/mol. The lowest BCUT2D eigenvalue weighted by Gasteiger charge is -2.32. The number of carbonyl (C=O) groups is 1. The topological polar surface area (TPSA) is 29.5 Å². The van der Waals surface area contributed by atoms with E-state index in [9.17, 15) is 4.79 Å². The van der Waals surface area contributed by atoms with Crippen LogP contribution >= 0.6 is 11.8 Å². The number of unbranched alkanes of at least 4 members (excludes halogenated alkanes) is 1. The number of anilines is 2. The van der Waals surface area contributed by atoms with E-state index in [0.717, 1.165) is 25.8 Å². The van der Waals surface area contributed by atoms with Crippen LogP contribution in [0.15, 0.2) is 58.3 Å². The molecule has 3 rings (SSSR count). The van der Waals surface area contributed by atoms with E-state index >= 15 is 0 Å². The van der Waals surface area contributed by atoms with E-state index in [2.05, 4.69) is 53.4 Å². The van der Waals surface area contributed by atoms with Crippen molar-refractivity contribution in [2.75, 3.05) is 11.4 Å².